The van der Waals surface area contributed by atoms with Gasteiger partial charge < -0.3 is 32.1 Å². The Balaban J connectivity index is 2.44. The molecule has 7 N–H and O–H groups in total. The number of hydrogen-bond donors (Lipinski definition) is 7. The summed E-state index contributed by atoms with van der Waals surface area (Å²) >= 11 is 4.03. The maximum atomic E-state index is 12.2. The van der Waals surface area contributed by atoms with Crippen molar-refractivity contribution in [3.8, 4) is 0 Å². The van der Waals surface area contributed by atoms with Crippen LogP contribution >= 0.6 is 12.6 Å². The van der Waals surface area contributed by atoms with Gasteiger partial charge in [0.2, 0.25) is 17.7 Å². The topological polar surface area (TPSA) is 163 Å². The average Bonchev–Trinajstić information content (AvgIpc) is 3.18. The van der Waals surface area contributed by atoms with Crippen molar-refractivity contribution in [1.82, 2.24) is 21.3 Å². The molecule has 1 aliphatic heterocycles. The highest BCUT2D eigenvalue weighted by molar-refractivity contribution is 7.80. The van der Waals surface area contributed by atoms with Crippen molar-refractivity contribution in [2.75, 3.05) is 25.4 Å². The first-order chi connectivity index (χ1) is 12.9. The summed E-state index contributed by atoms with van der Waals surface area (Å²) in [5, 5.41) is 19.6. The Labute approximate surface area is 163 Å². The van der Waals surface area contributed by atoms with Crippen molar-refractivity contribution in [2.24, 2.45) is 5.73 Å². The molecule has 0 aromatic rings. The molecule has 1 saturated heterocycles. The van der Waals surface area contributed by atoms with Crippen LogP contribution in [0.15, 0.2) is 0 Å². The molecular weight excluding hydrogens is 374 g/mol. The van der Waals surface area contributed by atoms with Crippen molar-refractivity contribution in [3.63, 3.8) is 0 Å². The van der Waals surface area contributed by atoms with E-state index in [4.69, 9.17) is 5.73 Å². The minimum absolute atomic E-state index is 0.00909. The first-order valence-electron chi connectivity index (χ1n) is 9.03. The molecule has 0 aliphatic carbocycles. The number of nitrogens with one attached hydrogen (secondary N) is 4. The Hall–Kier alpha value is -1.85. The fraction of sp³-hybridized carbons (Fsp3) is 0.750. The van der Waals surface area contributed by atoms with Crippen LogP contribution in [0.4, 0.5) is 0 Å². The fourth-order valence-corrected chi connectivity index (χ4v) is 2.92. The van der Waals surface area contributed by atoms with E-state index in [1.807, 2.05) is 0 Å². The quantitative estimate of drug-likeness (QED) is 0.146. The molecule has 0 radical (unpaired) electrons. The highest BCUT2D eigenvalue weighted by Gasteiger charge is 2.26. The van der Waals surface area contributed by atoms with Gasteiger partial charge in [-0.1, -0.05) is 0 Å². The van der Waals surface area contributed by atoms with Gasteiger partial charge in [-0.2, -0.15) is 12.6 Å². The molecule has 27 heavy (non-hydrogen) atoms. The van der Waals surface area contributed by atoms with Crippen molar-refractivity contribution in [1.29, 1.82) is 0 Å². The van der Waals surface area contributed by atoms with Crippen LogP contribution in [0.3, 0.4) is 0 Å². The smallest absolute Gasteiger partial charge is 0.326 e. The molecule has 3 atom stereocenters. The zero-order chi connectivity index (χ0) is 20.2. The number of carbonyl (C=O) groups excluding carboxylic acids is 3. The standard InChI is InChI=1S/C16H29N5O5S/c17-6-2-1-4-11(16(25)26)21-15(24)12(9-27)20-13(22)8-19-14(23)10-5-3-7-18-10/h10-12,18,27H,1-9,17H2,(H,19,23)(H,20,22)(H,21,24)(H,25,26). The number of carboxylic acid groups (broad SMARTS) is 1. The molecule has 10 nitrogen and oxygen atoms in total. The van der Waals surface area contributed by atoms with E-state index in [-0.39, 0.29) is 30.7 Å². The van der Waals surface area contributed by atoms with Crippen molar-refractivity contribution in [3.05, 3.63) is 0 Å². The Morgan fingerprint density at radius 2 is 1.93 bits per heavy atom. The second-order valence-electron chi connectivity index (χ2n) is 6.35. The largest absolute Gasteiger partial charge is 0.480 e. The lowest BCUT2D eigenvalue weighted by atomic mass is 10.1. The second kappa shape index (κ2) is 12.5. The molecular formula is C16H29N5O5S. The number of unbranched alkanes of at least 4 members (excludes halogenated alkanes) is 1. The van der Waals surface area contributed by atoms with E-state index >= 15 is 0 Å². The van der Waals surface area contributed by atoms with Crippen LogP contribution in [-0.2, 0) is 19.2 Å². The van der Waals surface area contributed by atoms with Gasteiger partial charge in [-0.3, -0.25) is 14.4 Å². The second-order valence-corrected chi connectivity index (χ2v) is 6.72. The van der Waals surface area contributed by atoms with Crippen LogP contribution in [-0.4, -0.2) is 72.3 Å². The van der Waals surface area contributed by atoms with Gasteiger partial charge in [0.15, 0.2) is 0 Å². The molecule has 0 spiro atoms. The van der Waals surface area contributed by atoms with Crippen LogP contribution in [0.25, 0.3) is 0 Å². The summed E-state index contributed by atoms with van der Waals surface area (Å²) in [5.74, 6) is -2.61. The van der Waals surface area contributed by atoms with Crippen molar-refractivity contribution in [2.45, 2.75) is 50.2 Å². The molecule has 0 aromatic heterocycles. The molecule has 0 aromatic carbocycles. The molecule has 1 fully saturated rings. The number of hydrogen-bond acceptors (Lipinski definition) is 7. The average molecular weight is 404 g/mol. The number of nitrogens with two attached hydrogens (primary N) is 1. The Morgan fingerprint density at radius 1 is 1.19 bits per heavy atom. The molecule has 1 rings (SSSR count). The van der Waals surface area contributed by atoms with Gasteiger partial charge in [0.25, 0.3) is 0 Å². The van der Waals surface area contributed by atoms with E-state index in [1.165, 1.54) is 0 Å². The van der Waals surface area contributed by atoms with Gasteiger partial charge in [-0.25, -0.2) is 4.79 Å². The maximum absolute atomic E-state index is 12.2. The van der Waals surface area contributed by atoms with E-state index in [2.05, 4.69) is 33.9 Å². The van der Waals surface area contributed by atoms with E-state index in [9.17, 15) is 24.3 Å². The van der Waals surface area contributed by atoms with E-state index in [0.29, 0.717) is 19.4 Å². The van der Waals surface area contributed by atoms with Gasteiger partial charge in [-0.05, 0) is 45.2 Å². The molecule has 11 heteroatoms. The van der Waals surface area contributed by atoms with E-state index in [1.54, 1.807) is 0 Å². The van der Waals surface area contributed by atoms with E-state index in [0.717, 1.165) is 19.4 Å². The Kier molecular flexibility index (Phi) is 10.8. The highest BCUT2D eigenvalue weighted by atomic mass is 32.1. The monoisotopic (exact) mass is 403 g/mol. The third-order valence-electron chi connectivity index (χ3n) is 4.20. The number of amides is 3. The van der Waals surface area contributed by atoms with Crippen LogP contribution in [0.1, 0.15) is 32.1 Å². The van der Waals surface area contributed by atoms with Crippen LogP contribution in [0, 0.1) is 0 Å². The van der Waals surface area contributed by atoms with Crippen LogP contribution < -0.4 is 27.0 Å². The summed E-state index contributed by atoms with van der Waals surface area (Å²) in [6.07, 6.45) is 3.09. The number of carbonyl (C=O) groups is 4. The summed E-state index contributed by atoms with van der Waals surface area (Å²) in [6, 6.07) is -2.36. The first-order valence-corrected chi connectivity index (χ1v) is 9.66. The summed E-state index contributed by atoms with van der Waals surface area (Å²) in [4.78, 5) is 47.3. The first kappa shape index (κ1) is 23.2. The fourth-order valence-electron chi connectivity index (χ4n) is 2.66. The minimum Gasteiger partial charge on any atom is -0.480 e. The predicted molar refractivity (Wildman–Crippen MR) is 102 cm³/mol. The molecule has 154 valence electrons. The number of thiol groups is 1. The normalized spacial score (nSPS) is 18.4. The zero-order valence-corrected chi connectivity index (χ0v) is 16.1. The third-order valence-corrected chi connectivity index (χ3v) is 4.56. The molecule has 0 saturated carbocycles. The lowest BCUT2D eigenvalue weighted by molar-refractivity contribution is -0.142. The summed E-state index contributed by atoms with van der Waals surface area (Å²) in [6.45, 7) is 0.938. The molecule has 1 aliphatic rings. The molecule has 3 unspecified atom stereocenters. The third kappa shape index (κ3) is 8.59. The van der Waals surface area contributed by atoms with Crippen LogP contribution in [0.2, 0.25) is 0 Å². The molecule has 1 heterocycles. The number of carboxylic acids is 1. The van der Waals surface area contributed by atoms with Crippen molar-refractivity contribution >= 4 is 36.3 Å². The molecule has 3 amide bonds. The van der Waals surface area contributed by atoms with Gasteiger partial charge in [0, 0.05) is 5.75 Å². The number of aliphatic carboxylic acids is 1. The van der Waals surface area contributed by atoms with Gasteiger partial charge >= 0.3 is 5.97 Å². The zero-order valence-electron chi connectivity index (χ0n) is 15.2. The van der Waals surface area contributed by atoms with Crippen LogP contribution in [0.5, 0.6) is 0 Å². The predicted octanol–water partition coefficient (Wildman–Crippen LogP) is -2.03. The van der Waals surface area contributed by atoms with Gasteiger partial charge in [-0.15, -0.1) is 0 Å². The highest BCUT2D eigenvalue weighted by Crippen LogP contribution is 2.04. The molecule has 0 bridgehead atoms. The summed E-state index contributed by atoms with van der Waals surface area (Å²) in [7, 11) is 0. The van der Waals surface area contributed by atoms with Crippen molar-refractivity contribution < 1.29 is 24.3 Å². The number of rotatable bonds is 12. The maximum Gasteiger partial charge on any atom is 0.326 e. The van der Waals surface area contributed by atoms with E-state index < -0.39 is 29.9 Å². The Morgan fingerprint density at radius 3 is 2.48 bits per heavy atom. The summed E-state index contributed by atoms with van der Waals surface area (Å²) in [5.41, 5.74) is 5.38. The lowest BCUT2D eigenvalue weighted by Crippen LogP contribution is -2.54. The summed E-state index contributed by atoms with van der Waals surface area (Å²) < 4.78 is 0. The SMILES string of the molecule is NCCCCC(NC(=O)C(CS)NC(=O)CNC(=O)C1CCCN1)C(=O)O. The Bertz CT molecular complexity index is 527. The minimum atomic E-state index is -1.15. The lowest BCUT2D eigenvalue weighted by Gasteiger charge is -2.20. The van der Waals surface area contributed by atoms with Gasteiger partial charge in [0.1, 0.15) is 12.1 Å². The van der Waals surface area contributed by atoms with Gasteiger partial charge in [0.05, 0.1) is 12.6 Å².